The van der Waals surface area contributed by atoms with Crippen LogP contribution in [-0.2, 0) is 30.0 Å². The molecule has 1 aliphatic heterocycles. The van der Waals surface area contributed by atoms with Crippen molar-refractivity contribution < 1.29 is 33.0 Å². The summed E-state index contributed by atoms with van der Waals surface area (Å²) in [6.07, 6.45) is -0.981. The number of imidazole rings is 1. The van der Waals surface area contributed by atoms with E-state index in [-0.39, 0.29) is 29.9 Å². The number of hydrogen-bond donors (Lipinski definition) is 3. The summed E-state index contributed by atoms with van der Waals surface area (Å²) in [5.41, 5.74) is 7.36. The SMILES string of the molecule is CC(NP(=O)(Oc1ccccc1)OC1C[C@H](n2cnc3c(N)nc(Cl)nc32)OC1CO)C(=O)OCc1ccccc1. The normalized spacial score (nSPS) is 20.9. The molecular weight excluding hydrogens is 575 g/mol. The number of carbonyl (C=O) groups is 1. The number of para-hydroxylation sites is 1. The lowest BCUT2D eigenvalue weighted by Gasteiger charge is -2.26. The summed E-state index contributed by atoms with van der Waals surface area (Å²) in [7, 11) is -4.25. The summed E-state index contributed by atoms with van der Waals surface area (Å²) in [5, 5.41) is 12.7. The maximum Gasteiger partial charge on any atom is 0.459 e. The molecule has 2 aromatic carbocycles. The van der Waals surface area contributed by atoms with Crippen LogP contribution in [0, 0.1) is 0 Å². The molecule has 0 spiro atoms. The van der Waals surface area contributed by atoms with Gasteiger partial charge < -0.3 is 24.8 Å². The third kappa shape index (κ3) is 6.84. The molecule has 2 aromatic heterocycles. The zero-order chi connectivity index (χ0) is 29.0. The Morgan fingerprint density at radius 3 is 2.63 bits per heavy atom. The molecule has 0 aliphatic carbocycles. The van der Waals surface area contributed by atoms with Gasteiger partial charge in [-0.3, -0.25) is 13.9 Å². The largest absolute Gasteiger partial charge is 0.460 e. The fourth-order valence-corrected chi connectivity index (χ4v) is 6.17. The van der Waals surface area contributed by atoms with Gasteiger partial charge in [0.25, 0.3) is 0 Å². The average Bonchev–Trinajstić information content (AvgIpc) is 3.56. The van der Waals surface area contributed by atoms with Gasteiger partial charge in [-0.2, -0.15) is 15.1 Å². The Balaban J connectivity index is 1.34. The predicted molar refractivity (Wildman–Crippen MR) is 149 cm³/mol. The lowest BCUT2D eigenvalue weighted by molar-refractivity contribution is -0.146. The Kier molecular flexibility index (Phi) is 8.83. The van der Waals surface area contributed by atoms with Gasteiger partial charge in [-0.1, -0.05) is 48.5 Å². The fraction of sp³-hybridized carbons (Fsp3) is 0.308. The van der Waals surface area contributed by atoms with Crippen LogP contribution in [0.15, 0.2) is 67.0 Å². The van der Waals surface area contributed by atoms with E-state index in [2.05, 4.69) is 20.0 Å². The van der Waals surface area contributed by atoms with Crippen LogP contribution in [-0.4, -0.2) is 55.5 Å². The molecule has 4 unspecified atom stereocenters. The third-order valence-electron chi connectivity index (χ3n) is 6.26. The number of halogens is 1. The molecule has 4 N–H and O–H groups in total. The lowest BCUT2D eigenvalue weighted by atomic mass is 10.2. The van der Waals surface area contributed by atoms with Gasteiger partial charge in [0.15, 0.2) is 11.5 Å². The van der Waals surface area contributed by atoms with E-state index in [1.165, 1.54) is 13.3 Å². The van der Waals surface area contributed by atoms with Crippen molar-refractivity contribution in [2.75, 3.05) is 12.3 Å². The molecule has 13 nitrogen and oxygen atoms in total. The number of carbonyl (C=O) groups excluding carboxylic acids is 1. The molecule has 1 saturated heterocycles. The number of aromatic nitrogens is 4. The van der Waals surface area contributed by atoms with Gasteiger partial charge in [-0.15, -0.1) is 0 Å². The second-order valence-electron chi connectivity index (χ2n) is 9.24. The molecule has 5 atom stereocenters. The number of nitrogen functional groups attached to an aromatic ring is 1. The number of aliphatic hydroxyl groups is 1. The van der Waals surface area contributed by atoms with Gasteiger partial charge in [0.2, 0.25) is 5.28 Å². The minimum Gasteiger partial charge on any atom is -0.460 e. The number of fused-ring (bicyclic) bond motifs is 1. The van der Waals surface area contributed by atoms with Gasteiger partial charge >= 0.3 is 13.7 Å². The quantitative estimate of drug-likeness (QED) is 0.129. The first kappa shape index (κ1) is 28.9. The molecule has 15 heteroatoms. The first-order chi connectivity index (χ1) is 19.7. The van der Waals surface area contributed by atoms with Crippen LogP contribution >= 0.6 is 19.3 Å². The number of nitrogens with two attached hydrogens (primary N) is 1. The van der Waals surface area contributed by atoms with E-state index >= 15 is 0 Å². The zero-order valence-corrected chi connectivity index (χ0v) is 23.5. The van der Waals surface area contributed by atoms with Crippen LogP contribution in [0.5, 0.6) is 5.75 Å². The number of hydrogen-bond acceptors (Lipinski definition) is 11. The van der Waals surface area contributed by atoms with E-state index < -0.39 is 44.8 Å². The molecule has 0 amide bonds. The van der Waals surface area contributed by atoms with Crippen molar-refractivity contribution in [3.63, 3.8) is 0 Å². The molecular formula is C26H28ClN6O7P. The van der Waals surface area contributed by atoms with Crippen molar-refractivity contribution in [1.82, 2.24) is 24.6 Å². The van der Waals surface area contributed by atoms with Crippen LogP contribution in [0.1, 0.15) is 25.1 Å². The van der Waals surface area contributed by atoms with Gasteiger partial charge in [-0.25, -0.2) is 9.55 Å². The Labute approximate surface area is 240 Å². The number of rotatable bonds is 11. The Bertz CT molecular complexity index is 1540. The van der Waals surface area contributed by atoms with Crippen LogP contribution in [0.3, 0.4) is 0 Å². The number of ether oxygens (including phenoxy) is 2. The van der Waals surface area contributed by atoms with Gasteiger partial charge in [0, 0.05) is 6.42 Å². The molecule has 0 radical (unpaired) electrons. The van der Waals surface area contributed by atoms with E-state index in [9.17, 15) is 14.5 Å². The highest BCUT2D eigenvalue weighted by molar-refractivity contribution is 7.52. The van der Waals surface area contributed by atoms with E-state index in [1.807, 2.05) is 30.3 Å². The topological polar surface area (TPSA) is 173 Å². The third-order valence-corrected chi connectivity index (χ3v) is 8.14. The molecule has 0 saturated carbocycles. The first-order valence-corrected chi connectivity index (χ1v) is 14.6. The van der Waals surface area contributed by atoms with Crippen molar-refractivity contribution in [2.45, 2.75) is 44.4 Å². The number of anilines is 1. The number of nitrogens with zero attached hydrogens (tertiary/aromatic N) is 4. The second-order valence-corrected chi connectivity index (χ2v) is 11.2. The van der Waals surface area contributed by atoms with E-state index in [0.717, 1.165) is 5.56 Å². The molecule has 41 heavy (non-hydrogen) atoms. The number of nitrogens with one attached hydrogen (secondary N) is 1. The molecule has 1 fully saturated rings. The highest BCUT2D eigenvalue weighted by Crippen LogP contribution is 2.49. The number of benzene rings is 2. The van der Waals surface area contributed by atoms with Crippen LogP contribution in [0.2, 0.25) is 5.28 Å². The summed E-state index contributed by atoms with van der Waals surface area (Å²) >= 11 is 5.99. The minimum atomic E-state index is -4.25. The maximum atomic E-state index is 14.1. The van der Waals surface area contributed by atoms with Gasteiger partial charge in [-0.05, 0) is 36.2 Å². The van der Waals surface area contributed by atoms with Crippen molar-refractivity contribution in [1.29, 1.82) is 0 Å². The Morgan fingerprint density at radius 1 is 1.22 bits per heavy atom. The van der Waals surface area contributed by atoms with Gasteiger partial charge in [0.1, 0.15) is 42.4 Å². The smallest absolute Gasteiger partial charge is 0.459 e. The van der Waals surface area contributed by atoms with E-state index in [4.69, 9.17) is 35.9 Å². The maximum absolute atomic E-state index is 14.1. The number of esters is 1. The van der Waals surface area contributed by atoms with E-state index in [0.29, 0.717) is 11.2 Å². The van der Waals surface area contributed by atoms with Crippen LogP contribution in [0.4, 0.5) is 5.82 Å². The van der Waals surface area contributed by atoms with Crippen LogP contribution < -0.4 is 15.3 Å². The minimum absolute atomic E-state index is 0.0398. The van der Waals surface area contributed by atoms with Crippen molar-refractivity contribution >= 4 is 42.3 Å². The molecule has 4 aromatic rings. The summed E-state index contributed by atoms with van der Waals surface area (Å²) in [6, 6.07) is 16.4. The number of aliphatic hydroxyl groups excluding tert-OH is 1. The zero-order valence-electron chi connectivity index (χ0n) is 21.9. The highest BCUT2D eigenvalue weighted by Gasteiger charge is 2.44. The standard InChI is InChI=1S/C26H28ClN6O7P/c1-16(25(35)37-14-17-8-4-2-5-9-17)32-41(36,39-18-10-6-3-7-11-18)40-19-12-21(38-20(19)13-34)33-15-29-22-23(28)30-26(27)31-24(22)33/h2-11,15-16,19-21,34H,12-14H2,1H3,(H,32,36)(H2,28,30,31)/t16?,19?,20?,21-,41?/m1/s1. The predicted octanol–water partition coefficient (Wildman–Crippen LogP) is 3.64. The van der Waals surface area contributed by atoms with E-state index in [1.54, 1.807) is 34.9 Å². The molecule has 3 heterocycles. The molecule has 0 bridgehead atoms. The van der Waals surface area contributed by atoms with Crippen LogP contribution in [0.25, 0.3) is 11.2 Å². The van der Waals surface area contributed by atoms with Gasteiger partial charge in [0.05, 0.1) is 12.9 Å². The fourth-order valence-electron chi connectivity index (χ4n) is 4.29. The lowest BCUT2D eigenvalue weighted by Crippen LogP contribution is -2.37. The summed E-state index contributed by atoms with van der Waals surface area (Å²) in [5.74, 6) is -0.319. The van der Waals surface area contributed by atoms with Crippen molar-refractivity contribution in [3.8, 4) is 5.75 Å². The Morgan fingerprint density at radius 2 is 1.93 bits per heavy atom. The summed E-state index contributed by atoms with van der Waals surface area (Å²) < 4.78 is 38.8. The monoisotopic (exact) mass is 602 g/mol. The van der Waals surface area contributed by atoms with Crippen molar-refractivity contribution in [3.05, 3.63) is 77.8 Å². The van der Waals surface area contributed by atoms with Crippen molar-refractivity contribution in [2.24, 2.45) is 0 Å². The molecule has 216 valence electrons. The second kappa shape index (κ2) is 12.5. The average molecular weight is 603 g/mol. The first-order valence-electron chi connectivity index (χ1n) is 12.7. The molecule has 5 rings (SSSR count). The summed E-state index contributed by atoms with van der Waals surface area (Å²) in [6.45, 7) is 1.07. The molecule has 1 aliphatic rings. The highest BCUT2D eigenvalue weighted by atomic mass is 35.5. The summed E-state index contributed by atoms with van der Waals surface area (Å²) in [4.78, 5) is 25.1. The Hall–Kier alpha value is -3.58.